The van der Waals surface area contributed by atoms with Crippen molar-refractivity contribution in [2.45, 2.75) is 76.2 Å². The van der Waals surface area contributed by atoms with Gasteiger partial charge >= 0.3 is 12.2 Å². The van der Waals surface area contributed by atoms with Gasteiger partial charge < -0.3 is 19.8 Å². The van der Waals surface area contributed by atoms with E-state index in [1.165, 1.54) is 0 Å². The molecule has 5 heterocycles. The third-order valence-electron chi connectivity index (χ3n) is 11.0. The molecule has 3 aromatic heterocycles. The van der Waals surface area contributed by atoms with E-state index in [0.717, 1.165) is 92.7 Å². The lowest BCUT2D eigenvalue weighted by atomic mass is 10.0. The minimum atomic E-state index is -0.867. The summed E-state index contributed by atoms with van der Waals surface area (Å²) in [6, 6.07) is 22.8. The fourth-order valence-electron chi connectivity index (χ4n) is 8.43. The van der Waals surface area contributed by atoms with E-state index in [4.69, 9.17) is 19.7 Å². The summed E-state index contributed by atoms with van der Waals surface area (Å²) in [5, 5.41) is 10.8. The Morgan fingerprint density at radius 2 is 1.34 bits per heavy atom. The van der Waals surface area contributed by atoms with E-state index < -0.39 is 11.7 Å². The van der Waals surface area contributed by atoms with Crippen molar-refractivity contribution in [1.82, 2.24) is 34.7 Å². The predicted octanol–water partition coefficient (Wildman–Crippen LogP) is 8.21. The number of likely N-dealkylation sites (tertiary alicyclic amines) is 2. The molecule has 2 amide bonds. The molecule has 2 saturated carbocycles. The molecule has 0 bridgehead atoms. The first-order valence-electron chi connectivity index (χ1n) is 17.5. The van der Waals surface area contributed by atoms with Gasteiger partial charge in [-0.2, -0.15) is 0 Å². The van der Waals surface area contributed by atoms with E-state index in [1.54, 1.807) is 4.90 Å². The Bertz CT molecular complexity index is 2390. The van der Waals surface area contributed by atoms with Gasteiger partial charge in [0.1, 0.15) is 17.2 Å². The zero-order valence-electron chi connectivity index (χ0n) is 28.1. The monoisotopic (exact) mass is 667 g/mol. The van der Waals surface area contributed by atoms with E-state index in [-0.39, 0.29) is 30.3 Å². The number of benzene rings is 3. The van der Waals surface area contributed by atoms with Crippen LogP contribution in [-0.2, 0) is 4.74 Å². The number of hydrogen-bond acceptors (Lipinski definition) is 6. The molecular weight excluding hydrogens is 630 g/mol. The van der Waals surface area contributed by atoms with E-state index in [9.17, 15) is 14.7 Å². The highest BCUT2D eigenvalue weighted by Crippen LogP contribution is 2.54. The Hall–Kier alpha value is -5.45. The average molecular weight is 668 g/mol. The number of imidazole rings is 2. The number of pyridine rings is 1. The van der Waals surface area contributed by atoms with Crippen molar-refractivity contribution in [2.24, 2.45) is 11.8 Å². The Kier molecular flexibility index (Phi) is 6.06. The number of hydrogen-bond donors (Lipinski definition) is 3. The molecule has 4 fully saturated rings. The number of fused-ring (bicyclic) bond motifs is 5. The number of nitrogens with zero attached hydrogens (tertiary/aromatic N) is 5. The number of aromatic amines is 2. The highest BCUT2D eigenvalue weighted by molar-refractivity contribution is 5.90. The van der Waals surface area contributed by atoms with Crippen LogP contribution in [0.25, 0.3) is 55.4 Å². The average Bonchev–Trinajstić information content (AvgIpc) is 3.74. The van der Waals surface area contributed by atoms with Crippen LogP contribution in [0.5, 0.6) is 0 Å². The normalized spacial score (nSPS) is 25.3. The minimum absolute atomic E-state index is 0.117. The van der Waals surface area contributed by atoms with Crippen LogP contribution in [0.15, 0.2) is 66.7 Å². The fourth-order valence-corrected chi connectivity index (χ4v) is 8.43. The number of nitrogens with one attached hydrogen (secondary N) is 2. The first-order chi connectivity index (χ1) is 24.1. The molecule has 2 aliphatic heterocycles. The van der Waals surface area contributed by atoms with Crippen LogP contribution in [0.4, 0.5) is 9.59 Å². The second-order valence-electron chi connectivity index (χ2n) is 15.5. The molecule has 11 heteroatoms. The molecule has 6 aromatic rings. The predicted molar refractivity (Wildman–Crippen MR) is 188 cm³/mol. The van der Waals surface area contributed by atoms with Crippen LogP contribution < -0.4 is 0 Å². The second kappa shape index (κ2) is 10.3. The number of rotatable bonds is 4. The van der Waals surface area contributed by atoms with Gasteiger partial charge in [-0.25, -0.2) is 24.5 Å². The van der Waals surface area contributed by atoms with E-state index in [1.807, 2.05) is 56.0 Å². The maximum absolute atomic E-state index is 13.1. The molecule has 3 N–H and O–H groups in total. The van der Waals surface area contributed by atoms with E-state index in [0.29, 0.717) is 11.8 Å². The third kappa shape index (κ3) is 4.81. The zero-order chi connectivity index (χ0) is 34.1. The van der Waals surface area contributed by atoms with Crippen molar-refractivity contribution < 1.29 is 19.4 Å². The van der Waals surface area contributed by atoms with Crippen LogP contribution in [-0.4, -0.2) is 69.7 Å². The van der Waals surface area contributed by atoms with Crippen molar-refractivity contribution in [3.05, 3.63) is 78.4 Å². The van der Waals surface area contributed by atoms with Crippen molar-refractivity contribution >= 4 is 45.2 Å². The first-order valence-corrected chi connectivity index (χ1v) is 17.5. The van der Waals surface area contributed by atoms with Gasteiger partial charge in [-0.1, -0.05) is 24.3 Å². The maximum Gasteiger partial charge on any atom is 0.411 e. The molecule has 252 valence electrons. The largest absolute Gasteiger partial charge is 0.465 e. The van der Waals surface area contributed by atoms with E-state index >= 15 is 0 Å². The van der Waals surface area contributed by atoms with E-state index in [2.05, 4.69) is 46.4 Å². The van der Waals surface area contributed by atoms with Crippen LogP contribution in [0.3, 0.4) is 0 Å². The Morgan fingerprint density at radius 1 is 0.700 bits per heavy atom. The smallest absolute Gasteiger partial charge is 0.411 e. The van der Waals surface area contributed by atoms with Crippen molar-refractivity contribution in [1.29, 1.82) is 0 Å². The maximum atomic E-state index is 13.1. The molecule has 0 unspecified atom stereocenters. The number of amides is 2. The summed E-state index contributed by atoms with van der Waals surface area (Å²) >= 11 is 0. The summed E-state index contributed by atoms with van der Waals surface area (Å²) in [5.41, 5.74) is 7.81. The SMILES string of the molecule is CC(C)(C)OC(=O)N1[C@@H]2C[C@@H]2C[C@H]1c1nc2ccc(-c3ccc4cc(-c5ccc6[nH]c([C@@H]7C[C@H]8C[C@H]8N7C(=O)O)nc6c5)ccc4n3)cc2[nH]1. The number of carboxylic acid groups (broad SMARTS) is 1. The molecule has 2 saturated heterocycles. The second-order valence-corrected chi connectivity index (χ2v) is 15.5. The summed E-state index contributed by atoms with van der Waals surface area (Å²) in [6.45, 7) is 5.70. The third-order valence-corrected chi connectivity index (χ3v) is 11.0. The Balaban J connectivity index is 0.902. The van der Waals surface area contributed by atoms with Gasteiger partial charge in [-0.05, 0) is 112 Å². The van der Waals surface area contributed by atoms with Crippen molar-refractivity contribution in [3.8, 4) is 22.4 Å². The summed E-state index contributed by atoms with van der Waals surface area (Å²) in [4.78, 5) is 50.2. The van der Waals surface area contributed by atoms with Gasteiger partial charge in [-0.3, -0.25) is 9.80 Å². The fraction of sp³-hybridized carbons (Fsp3) is 0.359. The van der Waals surface area contributed by atoms with Gasteiger partial charge in [-0.15, -0.1) is 0 Å². The lowest BCUT2D eigenvalue weighted by molar-refractivity contribution is 0.0175. The summed E-state index contributed by atoms with van der Waals surface area (Å²) < 4.78 is 5.75. The topological polar surface area (TPSA) is 140 Å². The van der Waals surface area contributed by atoms with Crippen LogP contribution >= 0.6 is 0 Å². The van der Waals surface area contributed by atoms with Crippen molar-refractivity contribution in [2.75, 3.05) is 0 Å². The number of aromatic nitrogens is 5. The molecule has 3 aromatic carbocycles. The lowest BCUT2D eigenvalue weighted by Crippen LogP contribution is -2.38. The molecule has 6 atom stereocenters. The molecule has 10 rings (SSSR count). The molecule has 0 spiro atoms. The number of ether oxygens (including phenoxy) is 1. The molecule has 11 nitrogen and oxygen atoms in total. The van der Waals surface area contributed by atoms with Crippen LogP contribution in [0.2, 0.25) is 0 Å². The molecule has 0 radical (unpaired) electrons. The van der Waals surface area contributed by atoms with Gasteiger partial charge in [0.2, 0.25) is 0 Å². The molecular formula is C39H37N7O4. The standard InChI is InChI=1S/C39H37N7O4/c1-39(2,3)50-38(49)46-32-16-24(32)18-34(46)36-42-28-11-7-22(14-30(28)44-36)26-9-6-21-12-19(4-8-25(21)40-26)20-5-10-27-29(13-20)43-35(41-27)33-17-23-15-31(23)45(33)37(47)48/h4-14,23-24,31-34H,15-18H2,1-3H3,(H,41,43)(H,42,44)(H,47,48)/t23-,24-,31-,32-,33+,34+/m1/s1. The first kappa shape index (κ1) is 29.5. The Morgan fingerprint density at radius 3 is 2.10 bits per heavy atom. The number of carbonyl (C=O) groups is 2. The van der Waals surface area contributed by atoms with Crippen LogP contribution in [0.1, 0.15) is 70.2 Å². The number of H-pyrrole nitrogens is 2. The number of carbonyl (C=O) groups excluding carboxylic acids is 1. The molecule has 2 aliphatic carbocycles. The number of piperidine rings is 2. The summed E-state index contributed by atoms with van der Waals surface area (Å²) in [7, 11) is 0. The highest BCUT2D eigenvalue weighted by Gasteiger charge is 2.57. The molecule has 50 heavy (non-hydrogen) atoms. The Labute approximate surface area is 287 Å². The van der Waals surface area contributed by atoms with Gasteiger partial charge in [0.15, 0.2) is 0 Å². The molecule has 4 aliphatic rings. The van der Waals surface area contributed by atoms with Crippen LogP contribution in [0, 0.1) is 11.8 Å². The minimum Gasteiger partial charge on any atom is -0.465 e. The summed E-state index contributed by atoms with van der Waals surface area (Å²) in [6.07, 6.45) is 2.59. The van der Waals surface area contributed by atoms with Crippen molar-refractivity contribution in [3.63, 3.8) is 0 Å². The van der Waals surface area contributed by atoms with Gasteiger partial charge in [0, 0.05) is 23.0 Å². The zero-order valence-corrected chi connectivity index (χ0v) is 28.1. The quantitative estimate of drug-likeness (QED) is 0.172. The van der Waals surface area contributed by atoms with Gasteiger partial charge in [0.25, 0.3) is 0 Å². The summed E-state index contributed by atoms with van der Waals surface area (Å²) in [5.74, 6) is 2.50. The van der Waals surface area contributed by atoms with Gasteiger partial charge in [0.05, 0.1) is 45.4 Å². The highest BCUT2D eigenvalue weighted by atomic mass is 16.6. The lowest BCUT2D eigenvalue weighted by Gasteiger charge is -2.29.